The number of aromatic hydroxyl groups is 1. The lowest BCUT2D eigenvalue weighted by Crippen LogP contribution is -2.01. The highest BCUT2D eigenvalue weighted by molar-refractivity contribution is 6.37. The van der Waals surface area contributed by atoms with Gasteiger partial charge in [0.25, 0.3) is 0 Å². The predicted molar refractivity (Wildman–Crippen MR) is 68.0 cm³/mol. The SMILES string of the molecule is O=C(c1cccc(O)c1)c1ccc(Cl)cc1Cl. The van der Waals surface area contributed by atoms with E-state index in [2.05, 4.69) is 0 Å². The van der Waals surface area contributed by atoms with Crippen molar-refractivity contribution < 1.29 is 9.90 Å². The molecule has 2 nitrogen and oxygen atoms in total. The molecule has 0 radical (unpaired) electrons. The summed E-state index contributed by atoms with van der Waals surface area (Å²) in [6.45, 7) is 0. The van der Waals surface area contributed by atoms with Gasteiger partial charge in [0.05, 0.1) is 5.02 Å². The molecule has 2 aromatic rings. The average molecular weight is 267 g/mol. The molecule has 0 saturated carbocycles. The number of hydrogen-bond acceptors (Lipinski definition) is 2. The molecule has 0 bridgehead atoms. The van der Waals surface area contributed by atoms with E-state index >= 15 is 0 Å². The minimum Gasteiger partial charge on any atom is -0.508 e. The Hall–Kier alpha value is -1.51. The number of phenolic OH excluding ortho intramolecular Hbond substituents is 1. The van der Waals surface area contributed by atoms with Crippen molar-refractivity contribution >= 4 is 29.0 Å². The molecular weight excluding hydrogens is 259 g/mol. The molecule has 2 aromatic carbocycles. The maximum Gasteiger partial charge on any atom is 0.194 e. The third-order valence-corrected chi connectivity index (χ3v) is 2.83. The van der Waals surface area contributed by atoms with Crippen LogP contribution in [0.4, 0.5) is 0 Å². The lowest BCUT2D eigenvalue weighted by molar-refractivity contribution is 0.103. The van der Waals surface area contributed by atoms with Crippen molar-refractivity contribution in [3.8, 4) is 5.75 Å². The van der Waals surface area contributed by atoms with E-state index < -0.39 is 0 Å². The number of ketones is 1. The number of carbonyl (C=O) groups is 1. The molecule has 4 heteroatoms. The van der Waals surface area contributed by atoms with Crippen LogP contribution in [-0.4, -0.2) is 10.9 Å². The average Bonchev–Trinajstić information content (AvgIpc) is 2.28. The van der Waals surface area contributed by atoms with Gasteiger partial charge in [-0.3, -0.25) is 4.79 Å². The summed E-state index contributed by atoms with van der Waals surface area (Å²) in [5.41, 5.74) is 0.746. The molecular formula is C13H8Cl2O2. The van der Waals surface area contributed by atoms with Crippen LogP contribution in [0, 0.1) is 0 Å². The van der Waals surface area contributed by atoms with Crippen LogP contribution in [0.25, 0.3) is 0 Å². The molecule has 0 saturated heterocycles. The van der Waals surface area contributed by atoms with Gasteiger partial charge >= 0.3 is 0 Å². The Morgan fingerprint density at radius 2 is 1.82 bits per heavy atom. The number of hydrogen-bond donors (Lipinski definition) is 1. The van der Waals surface area contributed by atoms with Gasteiger partial charge < -0.3 is 5.11 Å². The molecule has 0 unspecified atom stereocenters. The molecule has 2 rings (SSSR count). The number of benzene rings is 2. The smallest absolute Gasteiger partial charge is 0.194 e. The number of halogens is 2. The molecule has 0 heterocycles. The van der Waals surface area contributed by atoms with Gasteiger partial charge in [0.15, 0.2) is 5.78 Å². The van der Waals surface area contributed by atoms with Crippen molar-refractivity contribution in [3.05, 3.63) is 63.6 Å². The molecule has 0 fully saturated rings. The quantitative estimate of drug-likeness (QED) is 0.837. The van der Waals surface area contributed by atoms with Crippen molar-refractivity contribution in [2.75, 3.05) is 0 Å². The zero-order valence-corrected chi connectivity index (χ0v) is 10.2. The second-order valence-corrected chi connectivity index (χ2v) is 4.35. The summed E-state index contributed by atoms with van der Waals surface area (Å²) in [4.78, 5) is 12.1. The first-order valence-corrected chi connectivity index (χ1v) is 5.62. The highest BCUT2D eigenvalue weighted by Crippen LogP contribution is 2.24. The molecule has 86 valence electrons. The summed E-state index contributed by atoms with van der Waals surface area (Å²) in [7, 11) is 0. The first kappa shape index (κ1) is 12.0. The summed E-state index contributed by atoms with van der Waals surface area (Å²) in [6.07, 6.45) is 0. The topological polar surface area (TPSA) is 37.3 Å². The van der Waals surface area contributed by atoms with Gasteiger partial charge in [0.2, 0.25) is 0 Å². The van der Waals surface area contributed by atoms with Gasteiger partial charge in [-0.2, -0.15) is 0 Å². The monoisotopic (exact) mass is 266 g/mol. The number of carbonyl (C=O) groups excluding carboxylic acids is 1. The van der Waals surface area contributed by atoms with Gasteiger partial charge in [-0.25, -0.2) is 0 Å². The normalized spacial score (nSPS) is 10.2. The minimum atomic E-state index is -0.248. The molecule has 0 amide bonds. The third-order valence-electron chi connectivity index (χ3n) is 2.28. The molecule has 1 N–H and O–H groups in total. The Morgan fingerprint density at radius 1 is 1.06 bits per heavy atom. The highest BCUT2D eigenvalue weighted by atomic mass is 35.5. The van der Waals surface area contributed by atoms with Gasteiger partial charge in [-0.1, -0.05) is 35.3 Å². The Morgan fingerprint density at radius 3 is 2.47 bits per heavy atom. The standard InChI is InChI=1S/C13H8Cl2O2/c14-9-4-5-11(12(15)7-9)13(17)8-2-1-3-10(16)6-8/h1-7,16H. The largest absolute Gasteiger partial charge is 0.508 e. The second-order valence-electron chi connectivity index (χ2n) is 3.50. The fourth-order valence-electron chi connectivity index (χ4n) is 1.48. The lowest BCUT2D eigenvalue weighted by atomic mass is 10.0. The van der Waals surface area contributed by atoms with Gasteiger partial charge in [0.1, 0.15) is 5.75 Å². The molecule has 0 aliphatic rings. The second kappa shape index (κ2) is 4.78. The van der Waals surface area contributed by atoms with Crippen molar-refractivity contribution in [3.63, 3.8) is 0 Å². The van der Waals surface area contributed by atoms with E-state index in [-0.39, 0.29) is 11.5 Å². The van der Waals surface area contributed by atoms with E-state index in [9.17, 15) is 9.90 Å². The summed E-state index contributed by atoms with van der Waals surface area (Å²) in [5.74, 6) is -0.205. The molecule has 17 heavy (non-hydrogen) atoms. The summed E-state index contributed by atoms with van der Waals surface area (Å²) < 4.78 is 0. The number of rotatable bonds is 2. The highest BCUT2D eigenvalue weighted by Gasteiger charge is 2.13. The van der Waals surface area contributed by atoms with Crippen LogP contribution in [0.1, 0.15) is 15.9 Å². The summed E-state index contributed by atoms with van der Waals surface area (Å²) in [6, 6.07) is 10.8. The summed E-state index contributed by atoms with van der Waals surface area (Å²) >= 11 is 11.7. The van der Waals surface area contributed by atoms with Crippen LogP contribution in [-0.2, 0) is 0 Å². The zero-order valence-electron chi connectivity index (χ0n) is 8.65. The van der Waals surface area contributed by atoms with Gasteiger partial charge in [0, 0.05) is 16.1 Å². The van der Waals surface area contributed by atoms with E-state index in [4.69, 9.17) is 23.2 Å². The minimum absolute atomic E-state index is 0.0425. The molecule has 0 aliphatic heterocycles. The zero-order chi connectivity index (χ0) is 12.4. The van der Waals surface area contributed by atoms with Gasteiger partial charge in [-0.05, 0) is 30.3 Å². The van der Waals surface area contributed by atoms with Crippen LogP contribution in [0.5, 0.6) is 5.75 Å². The summed E-state index contributed by atoms with van der Waals surface area (Å²) in [5, 5.41) is 10.1. The van der Waals surface area contributed by atoms with Crippen molar-refractivity contribution in [2.24, 2.45) is 0 Å². The third kappa shape index (κ3) is 2.60. The lowest BCUT2D eigenvalue weighted by Gasteiger charge is -2.04. The van der Waals surface area contributed by atoms with Crippen molar-refractivity contribution in [1.82, 2.24) is 0 Å². The first-order chi connectivity index (χ1) is 8.08. The van der Waals surface area contributed by atoms with E-state index in [0.29, 0.717) is 21.2 Å². The van der Waals surface area contributed by atoms with Crippen LogP contribution < -0.4 is 0 Å². The Kier molecular flexibility index (Phi) is 3.36. The van der Waals surface area contributed by atoms with Crippen LogP contribution in [0.2, 0.25) is 10.0 Å². The first-order valence-electron chi connectivity index (χ1n) is 4.87. The van der Waals surface area contributed by atoms with Crippen LogP contribution in [0.15, 0.2) is 42.5 Å². The molecule has 0 spiro atoms. The molecule has 0 aromatic heterocycles. The maximum atomic E-state index is 12.1. The van der Waals surface area contributed by atoms with Crippen LogP contribution in [0.3, 0.4) is 0 Å². The van der Waals surface area contributed by atoms with E-state index in [0.717, 1.165) is 0 Å². The van der Waals surface area contributed by atoms with E-state index in [1.165, 1.54) is 18.2 Å². The molecule has 0 atom stereocenters. The Labute approximate surface area is 108 Å². The number of phenols is 1. The Balaban J connectivity index is 2.44. The van der Waals surface area contributed by atoms with Crippen LogP contribution >= 0.6 is 23.2 Å². The van der Waals surface area contributed by atoms with E-state index in [1.807, 2.05) is 0 Å². The maximum absolute atomic E-state index is 12.1. The van der Waals surface area contributed by atoms with E-state index in [1.54, 1.807) is 24.3 Å². The Bertz CT molecular complexity index is 579. The van der Waals surface area contributed by atoms with Gasteiger partial charge in [-0.15, -0.1) is 0 Å². The predicted octanol–water partition coefficient (Wildman–Crippen LogP) is 3.93. The fraction of sp³-hybridized carbons (Fsp3) is 0. The molecule has 0 aliphatic carbocycles. The van der Waals surface area contributed by atoms with Crippen molar-refractivity contribution in [1.29, 1.82) is 0 Å². The fourth-order valence-corrected chi connectivity index (χ4v) is 1.97. The van der Waals surface area contributed by atoms with Crippen molar-refractivity contribution in [2.45, 2.75) is 0 Å².